The molecular formula is C9H13N5O2S. The van der Waals surface area contributed by atoms with Gasteiger partial charge in [-0.25, -0.2) is 23.1 Å². The SMILES string of the molecule is CCn1cnc(S(=O)(=O)NCc2ncc[nH]2)c1. The summed E-state index contributed by atoms with van der Waals surface area (Å²) in [6, 6.07) is 0. The fourth-order valence-electron chi connectivity index (χ4n) is 1.28. The average molecular weight is 255 g/mol. The number of nitrogens with zero attached hydrogens (tertiary/aromatic N) is 3. The van der Waals surface area contributed by atoms with Gasteiger partial charge in [0.2, 0.25) is 0 Å². The highest BCUT2D eigenvalue weighted by molar-refractivity contribution is 7.89. The normalized spacial score (nSPS) is 11.8. The van der Waals surface area contributed by atoms with Crippen molar-refractivity contribution in [1.82, 2.24) is 24.2 Å². The van der Waals surface area contributed by atoms with Crippen LogP contribution in [0.1, 0.15) is 12.7 Å². The molecule has 0 aliphatic rings. The van der Waals surface area contributed by atoms with Gasteiger partial charge in [0.05, 0.1) is 12.9 Å². The molecular weight excluding hydrogens is 242 g/mol. The highest BCUT2D eigenvalue weighted by atomic mass is 32.2. The molecule has 0 atom stereocenters. The Hall–Kier alpha value is -1.67. The van der Waals surface area contributed by atoms with Crippen LogP contribution in [0.3, 0.4) is 0 Å². The zero-order valence-electron chi connectivity index (χ0n) is 9.29. The van der Waals surface area contributed by atoms with Crippen molar-refractivity contribution in [1.29, 1.82) is 0 Å². The van der Waals surface area contributed by atoms with Crippen LogP contribution >= 0.6 is 0 Å². The van der Waals surface area contributed by atoms with Crippen molar-refractivity contribution in [2.75, 3.05) is 0 Å². The minimum absolute atomic E-state index is 0.0194. The van der Waals surface area contributed by atoms with E-state index in [-0.39, 0.29) is 11.6 Å². The van der Waals surface area contributed by atoms with E-state index in [2.05, 4.69) is 19.7 Å². The van der Waals surface area contributed by atoms with Gasteiger partial charge in [0.25, 0.3) is 10.0 Å². The van der Waals surface area contributed by atoms with Crippen LogP contribution in [0, 0.1) is 0 Å². The molecule has 0 aliphatic heterocycles. The number of rotatable bonds is 5. The van der Waals surface area contributed by atoms with Crippen molar-refractivity contribution >= 4 is 10.0 Å². The van der Waals surface area contributed by atoms with Crippen LogP contribution in [-0.4, -0.2) is 27.9 Å². The van der Waals surface area contributed by atoms with Crippen molar-refractivity contribution < 1.29 is 8.42 Å². The maximum atomic E-state index is 11.8. The first kappa shape index (κ1) is 11.8. The first-order valence-corrected chi connectivity index (χ1v) is 6.60. The van der Waals surface area contributed by atoms with Crippen LogP contribution < -0.4 is 4.72 Å². The summed E-state index contributed by atoms with van der Waals surface area (Å²) in [5.41, 5.74) is 0. The predicted octanol–water partition coefficient (Wildman–Crippen LogP) is 0.105. The molecule has 2 aromatic rings. The third-order valence-corrected chi connectivity index (χ3v) is 3.52. The number of aryl methyl sites for hydroxylation is 1. The van der Waals surface area contributed by atoms with E-state index in [9.17, 15) is 8.42 Å². The largest absolute Gasteiger partial charge is 0.347 e. The van der Waals surface area contributed by atoms with Crippen LogP contribution in [0.5, 0.6) is 0 Å². The molecule has 7 nitrogen and oxygen atoms in total. The Balaban J connectivity index is 2.08. The Morgan fingerprint density at radius 1 is 1.47 bits per heavy atom. The molecule has 0 unspecified atom stereocenters. The summed E-state index contributed by atoms with van der Waals surface area (Å²) in [5, 5.41) is 0.0194. The van der Waals surface area contributed by atoms with E-state index in [0.717, 1.165) is 0 Å². The van der Waals surface area contributed by atoms with Crippen molar-refractivity contribution in [3.63, 3.8) is 0 Å². The minimum Gasteiger partial charge on any atom is -0.347 e. The molecule has 8 heteroatoms. The van der Waals surface area contributed by atoms with Gasteiger partial charge in [-0.15, -0.1) is 0 Å². The number of aromatic amines is 1. The van der Waals surface area contributed by atoms with Gasteiger partial charge in [-0.1, -0.05) is 0 Å². The minimum atomic E-state index is -3.57. The molecule has 0 saturated carbocycles. The molecule has 0 radical (unpaired) electrons. The van der Waals surface area contributed by atoms with Crippen molar-refractivity contribution in [2.24, 2.45) is 0 Å². The van der Waals surface area contributed by atoms with E-state index in [1.807, 2.05) is 6.92 Å². The fraction of sp³-hybridized carbons (Fsp3) is 0.333. The van der Waals surface area contributed by atoms with Crippen LogP contribution in [0.15, 0.2) is 29.9 Å². The Bertz CT molecular complexity index is 572. The van der Waals surface area contributed by atoms with E-state index >= 15 is 0 Å². The predicted molar refractivity (Wildman–Crippen MR) is 60.5 cm³/mol. The lowest BCUT2D eigenvalue weighted by molar-refractivity contribution is 0.576. The number of nitrogens with one attached hydrogen (secondary N) is 2. The number of H-pyrrole nitrogens is 1. The number of imidazole rings is 2. The lowest BCUT2D eigenvalue weighted by Gasteiger charge is -2.01. The van der Waals surface area contributed by atoms with Gasteiger partial charge in [-0.3, -0.25) is 0 Å². The molecule has 0 fully saturated rings. The molecule has 0 bridgehead atoms. The third kappa shape index (κ3) is 2.71. The molecule has 0 amide bonds. The molecule has 2 N–H and O–H groups in total. The number of hydrogen-bond donors (Lipinski definition) is 2. The number of aromatic nitrogens is 4. The van der Waals surface area contributed by atoms with E-state index in [4.69, 9.17) is 0 Å². The molecule has 92 valence electrons. The smallest absolute Gasteiger partial charge is 0.259 e. The fourth-order valence-corrected chi connectivity index (χ4v) is 2.22. The molecule has 0 spiro atoms. The van der Waals surface area contributed by atoms with Gasteiger partial charge in [0.1, 0.15) is 5.82 Å². The van der Waals surface area contributed by atoms with Gasteiger partial charge in [0, 0.05) is 25.1 Å². The summed E-state index contributed by atoms with van der Waals surface area (Å²) in [6.45, 7) is 2.71. The molecule has 17 heavy (non-hydrogen) atoms. The van der Waals surface area contributed by atoms with Gasteiger partial charge >= 0.3 is 0 Å². The lowest BCUT2D eigenvalue weighted by Crippen LogP contribution is -2.24. The summed E-state index contributed by atoms with van der Waals surface area (Å²) in [4.78, 5) is 10.6. The quantitative estimate of drug-likeness (QED) is 0.792. The summed E-state index contributed by atoms with van der Waals surface area (Å²) in [7, 11) is -3.57. The maximum Gasteiger partial charge on any atom is 0.259 e. The molecule has 0 aromatic carbocycles. The second-order valence-electron chi connectivity index (χ2n) is 3.40. The van der Waals surface area contributed by atoms with E-state index in [0.29, 0.717) is 12.4 Å². The first-order chi connectivity index (χ1) is 8.12. The summed E-state index contributed by atoms with van der Waals surface area (Å²) in [5.74, 6) is 0.559. The molecule has 2 heterocycles. The zero-order valence-corrected chi connectivity index (χ0v) is 10.1. The second kappa shape index (κ2) is 4.68. The Labute approximate surface area is 99.0 Å². The van der Waals surface area contributed by atoms with Crippen molar-refractivity contribution in [2.45, 2.75) is 25.0 Å². The summed E-state index contributed by atoms with van der Waals surface area (Å²) >= 11 is 0. The molecule has 2 rings (SSSR count). The highest BCUT2D eigenvalue weighted by Crippen LogP contribution is 2.05. The van der Waals surface area contributed by atoms with Gasteiger partial charge in [-0.2, -0.15) is 0 Å². The van der Waals surface area contributed by atoms with E-state index < -0.39 is 10.0 Å². The highest BCUT2D eigenvalue weighted by Gasteiger charge is 2.17. The lowest BCUT2D eigenvalue weighted by atomic mass is 10.6. The van der Waals surface area contributed by atoms with Gasteiger partial charge in [-0.05, 0) is 6.92 Å². The molecule has 2 aromatic heterocycles. The second-order valence-corrected chi connectivity index (χ2v) is 5.12. The maximum absolute atomic E-state index is 11.8. The summed E-state index contributed by atoms with van der Waals surface area (Å²) < 4.78 is 27.8. The van der Waals surface area contributed by atoms with Gasteiger partial charge < -0.3 is 9.55 Å². The Morgan fingerprint density at radius 3 is 2.88 bits per heavy atom. The Kier molecular flexibility index (Phi) is 3.25. The van der Waals surface area contributed by atoms with Crippen LogP contribution in [0.25, 0.3) is 0 Å². The molecule has 0 aliphatic carbocycles. The zero-order chi connectivity index (χ0) is 12.3. The van der Waals surface area contributed by atoms with E-state index in [1.165, 1.54) is 12.5 Å². The number of hydrogen-bond acceptors (Lipinski definition) is 4. The summed E-state index contributed by atoms with van der Waals surface area (Å²) in [6.07, 6.45) is 6.18. The van der Waals surface area contributed by atoms with Crippen LogP contribution in [0.2, 0.25) is 0 Å². The van der Waals surface area contributed by atoms with Gasteiger partial charge in [0.15, 0.2) is 5.03 Å². The van der Waals surface area contributed by atoms with Crippen molar-refractivity contribution in [3.05, 3.63) is 30.7 Å². The van der Waals surface area contributed by atoms with Crippen molar-refractivity contribution in [3.8, 4) is 0 Å². The first-order valence-electron chi connectivity index (χ1n) is 5.11. The monoisotopic (exact) mass is 255 g/mol. The molecule has 0 saturated heterocycles. The third-order valence-electron chi connectivity index (χ3n) is 2.23. The average Bonchev–Trinajstić information content (AvgIpc) is 2.98. The van der Waals surface area contributed by atoms with E-state index in [1.54, 1.807) is 17.0 Å². The topological polar surface area (TPSA) is 92.7 Å². The Morgan fingerprint density at radius 2 is 2.29 bits per heavy atom. The standard InChI is InChI=1S/C9H13N5O2S/c1-2-14-6-9(12-7-14)17(15,16)13-5-8-10-3-4-11-8/h3-4,6-7,13H,2,5H2,1H3,(H,10,11). The van der Waals surface area contributed by atoms with Crippen LogP contribution in [-0.2, 0) is 23.1 Å². The number of sulfonamides is 1. The van der Waals surface area contributed by atoms with Crippen LogP contribution in [0.4, 0.5) is 0 Å².